The molecule has 0 radical (unpaired) electrons. The summed E-state index contributed by atoms with van der Waals surface area (Å²) in [5.74, 6) is 1.34. The van der Waals surface area contributed by atoms with Crippen molar-refractivity contribution in [3.8, 4) is 5.75 Å². The molecule has 0 aliphatic carbocycles. The van der Waals surface area contributed by atoms with Crippen molar-refractivity contribution in [1.29, 1.82) is 0 Å². The van der Waals surface area contributed by atoms with Crippen LogP contribution in [0.2, 0.25) is 0 Å². The zero-order valence-electron chi connectivity index (χ0n) is 16.1. The van der Waals surface area contributed by atoms with Gasteiger partial charge < -0.3 is 15.0 Å². The van der Waals surface area contributed by atoms with Crippen molar-refractivity contribution in [1.82, 2.24) is 20.0 Å². The number of fused-ring (bicyclic) bond motifs is 1. The zero-order valence-corrected chi connectivity index (χ0v) is 18.5. The molecule has 1 N–H and O–H groups in total. The molecule has 1 aromatic carbocycles. The first kappa shape index (κ1) is 25.3. The molecule has 3 aliphatic rings. The van der Waals surface area contributed by atoms with E-state index in [4.69, 9.17) is 4.74 Å². The number of carbonyl (C=O) groups is 1. The fourth-order valence-electron chi connectivity index (χ4n) is 3.91. The Kier molecular flexibility index (Phi) is 10.9. The highest BCUT2D eigenvalue weighted by atomic mass is 35.5. The van der Waals surface area contributed by atoms with Crippen molar-refractivity contribution in [2.75, 3.05) is 65.5 Å². The largest absolute Gasteiger partial charge is 0.493 e. The van der Waals surface area contributed by atoms with Gasteiger partial charge in [-0.25, -0.2) is 0 Å². The van der Waals surface area contributed by atoms with E-state index < -0.39 is 0 Å². The number of nitrogens with zero attached hydrogens (tertiary/aromatic N) is 3. The van der Waals surface area contributed by atoms with E-state index in [-0.39, 0.29) is 43.1 Å². The quantitative estimate of drug-likeness (QED) is 0.747. The molecule has 1 aromatic rings. The van der Waals surface area contributed by atoms with Gasteiger partial charge in [-0.2, -0.15) is 0 Å². The highest BCUT2D eigenvalue weighted by Crippen LogP contribution is 2.26. The number of piperazine rings is 2. The number of hydrogen-bond donors (Lipinski definition) is 1. The second kappa shape index (κ2) is 12.1. The monoisotopic (exact) mass is 452 g/mol. The molecule has 1 amide bonds. The number of ether oxygens (including phenoxy) is 1. The maximum atomic E-state index is 12.5. The number of benzene rings is 1. The summed E-state index contributed by atoms with van der Waals surface area (Å²) in [6.07, 6.45) is 1.03. The van der Waals surface area contributed by atoms with E-state index in [0.29, 0.717) is 6.54 Å². The van der Waals surface area contributed by atoms with Crippen LogP contribution in [0.3, 0.4) is 0 Å². The van der Waals surface area contributed by atoms with Crippen LogP contribution in [-0.2, 0) is 17.8 Å². The van der Waals surface area contributed by atoms with Gasteiger partial charge in [-0.3, -0.25) is 14.6 Å². The van der Waals surface area contributed by atoms with Crippen molar-refractivity contribution in [3.63, 3.8) is 0 Å². The lowest BCUT2D eigenvalue weighted by molar-refractivity contribution is -0.134. The molecule has 3 aliphatic heterocycles. The van der Waals surface area contributed by atoms with E-state index >= 15 is 0 Å². The van der Waals surface area contributed by atoms with Crippen molar-refractivity contribution >= 4 is 43.1 Å². The van der Waals surface area contributed by atoms with Crippen LogP contribution in [-0.4, -0.2) is 86.1 Å². The van der Waals surface area contributed by atoms with E-state index in [9.17, 15) is 4.79 Å². The summed E-state index contributed by atoms with van der Waals surface area (Å²) < 4.78 is 5.58. The van der Waals surface area contributed by atoms with E-state index in [1.807, 2.05) is 4.90 Å². The van der Waals surface area contributed by atoms with Gasteiger partial charge in [-0.1, -0.05) is 12.1 Å². The summed E-state index contributed by atoms with van der Waals surface area (Å²) >= 11 is 0. The molecule has 28 heavy (non-hydrogen) atoms. The average Bonchev–Trinajstić information content (AvgIpc) is 3.11. The van der Waals surface area contributed by atoms with Crippen LogP contribution in [0.5, 0.6) is 5.75 Å². The molecule has 0 saturated carbocycles. The van der Waals surface area contributed by atoms with Gasteiger partial charge in [0.2, 0.25) is 5.91 Å². The van der Waals surface area contributed by atoms with Crippen molar-refractivity contribution in [3.05, 3.63) is 29.3 Å². The summed E-state index contributed by atoms with van der Waals surface area (Å²) in [6, 6.07) is 6.56. The molecule has 9 heteroatoms. The summed E-state index contributed by atoms with van der Waals surface area (Å²) in [5, 5.41) is 3.33. The first-order chi connectivity index (χ1) is 12.3. The number of halogens is 3. The second-order valence-corrected chi connectivity index (χ2v) is 7.22. The summed E-state index contributed by atoms with van der Waals surface area (Å²) in [5.41, 5.74) is 2.69. The Hall–Kier alpha value is -0.760. The zero-order chi connectivity index (χ0) is 17.1. The molecule has 6 nitrogen and oxygen atoms in total. The van der Waals surface area contributed by atoms with E-state index in [2.05, 4.69) is 33.3 Å². The van der Waals surface area contributed by atoms with Crippen LogP contribution in [0.15, 0.2) is 18.2 Å². The minimum absolute atomic E-state index is 0. The number of carbonyl (C=O) groups excluding carboxylic acids is 1. The van der Waals surface area contributed by atoms with Gasteiger partial charge in [0.15, 0.2) is 0 Å². The molecule has 160 valence electrons. The molecule has 2 fully saturated rings. The first-order valence-electron chi connectivity index (χ1n) is 9.46. The van der Waals surface area contributed by atoms with Gasteiger partial charge in [-0.15, -0.1) is 37.2 Å². The third-order valence-electron chi connectivity index (χ3n) is 5.45. The van der Waals surface area contributed by atoms with Crippen LogP contribution in [0, 0.1) is 0 Å². The molecule has 0 unspecified atom stereocenters. The van der Waals surface area contributed by atoms with E-state index in [0.717, 1.165) is 77.7 Å². The molecule has 3 heterocycles. The summed E-state index contributed by atoms with van der Waals surface area (Å²) in [4.78, 5) is 19.2. The van der Waals surface area contributed by atoms with E-state index in [1.54, 1.807) is 0 Å². The fourth-order valence-corrected chi connectivity index (χ4v) is 3.91. The van der Waals surface area contributed by atoms with Gasteiger partial charge in [0.1, 0.15) is 5.75 Å². The minimum atomic E-state index is 0. The Bertz CT molecular complexity index is 621. The molecule has 0 spiro atoms. The highest BCUT2D eigenvalue weighted by Gasteiger charge is 2.23. The number of rotatable bonds is 4. The van der Waals surface area contributed by atoms with Crippen LogP contribution >= 0.6 is 37.2 Å². The molecule has 4 rings (SSSR count). The average molecular weight is 454 g/mol. The van der Waals surface area contributed by atoms with Gasteiger partial charge in [0, 0.05) is 65.3 Å². The van der Waals surface area contributed by atoms with Gasteiger partial charge in [-0.05, 0) is 17.2 Å². The summed E-state index contributed by atoms with van der Waals surface area (Å²) in [7, 11) is 0. The minimum Gasteiger partial charge on any atom is -0.493 e. The SMILES string of the molecule is Cl.Cl.Cl.O=C(CN1CCNCC1)N1CCN(Cc2ccc3c(c2)CCO3)CC1. The van der Waals surface area contributed by atoms with Crippen molar-refractivity contribution < 1.29 is 9.53 Å². The smallest absolute Gasteiger partial charge is 0.236 e. The molecule has 0 aromatic heterocycles. The van der Waals surface area contributed by atoms with Gasteiger partial charge >= 0.3 is 0 Å². The first-order valence-corrected chi connectivity index (χ1v) is 9.46. The summed E-state index contributed by atoms with van der Waals surface area (Å²) in [6.45, 7) is 9.91. The standard InChI is InChI=1S/C19H28N4O2.3ClH/c24-19(15-21-6-4-20-5-7-21)23-10-8-22(9-11-23)14-16-1-2-18-17(13-16)3-12-25-18;;;/h1-2,13,20H,3-12,14-15H2;3*1H. The molecule has 0 atom stereocenters. The highest BCUT2D eigenvalue weighted by molar-refractivity contribution is 5.86. The maximum absolute atomic E-state index is 12.5. The van der Waals surface area contributed by atoms with Crippen LogP contribution < -0.4 is 10.1 Å². The Morgan fingerprint density at radius 2 is 1.68 bits per heavy atom. The molecule has 0 bridgehead atoms. The molecule has 2 saturated heterocycles. The fraction of sp³-hybridized carbons (Fsp3) is 0.632. The van der Waals surface area contributed by atoms with Crippen LogP contribution in [0.25, 0.3) is 0 Å². The third kappa shape index (κ3) is 6.37. The molecular weight excluding hydrogens is 423 g/mol. The Morgan fingerprint density at radius 1 is 0.964 bits per heavy atom. The topological polar surface area (TPSA) is 48.1 Å². The lowest BCUT2D eigenvalue weighted by Crippen LogP contribution is -2.53. The second-order valence-electron chi connectivity index (χ2n) is 7.22. The van der Waals surface area contributed by atoms with Gasteiger partial charge in [0.05, 0.1) is 13.2 Å². The Labute approximate surface area is 186 Å². The lowest BCUT2D eigenvalue weighted by atomic mass is 10.1. The number of amides is 1. The number of nitrogens with one attached hydrogen (secondary N) is 1. The Balaban J connectivity index is 0.00000131. The van der Waals surface area contributed by atoms with Crippen LogP contribution in [0.1, 0.15) is 11.1 Å². The molecular formula is C19H31Cl3N4O2. The Morgan fingerprint density at radius 3 is 2.39 bits per heavy atom. The normalized spacial score (nSPS) is 19.5. The third-order valence-corrected chi connectivity index (χ3v) is 5.45. The van der Waals surface area contributed by atoms with Crippen LogP contribution in [0.4, 0.5) is 0 Å². The predicted octanol–water partition coefficient (Wildman–Crippen LogP) is 1.44. The van der Waals surface area contributed by atoms with E-state index in [1.165, 1.54) is 11.1 Å². The van der Waals surface area contributed by atoms with Crippen molar-refractivity contribution in [2.45, 2.75) is 13.0 Å². The maximum Gasteiger partial charge on any atom is 0.236 e. The lowest BCUT2D eigenvalue weighted by Gasteiger charge is -2.36. The number of hydrogen-bond acceptors (Lipinski definition) is 5. The predicted molar refractivity (Wildman–Crippen MR) is 119 cm³/mol. The van der Waals surface area contributed by atoms with Crippen molar-refractivity contribution in [2.24, 2.45) is 0 Å². The van der Waals surface area contributed by atoms with Gasteiger partial charge in [0.25, 0.3) is 0 Å².